The molecule has 1 saturated heterocycles. The number of cyclic esters (lactones) is 1. The van der Waals surface area contributed by atoms with E-state index in [0.717, 1.165) is 0 Å². The molecule has 1 aliphatic rings. The van der Waals surface area contributed by atoms with Crippen molar-refractivity contribution < 1.29 is 14.3 Å². The van der Waals surface area contributed by atoms with Crippen molar-refractivity contribution in [2.75, 3.05) is 13.7 Å². The Kier molecular flexibility index (Phi) is 1.48. The lowest BCUT2D eigenvalue weighted by molar-refractivity contribution is -0.145. The molecule has 0 radical (unpaired) electrons. The quantitative estimate of drug-likeness (QED) is 0.450. The Labute approximate surface area is 47.6 Å². The Morgan fingerprint density at radius 1 is 1.88 bits per heavy atom. The van der Waals surface area contributed by atoms with Crippen molar-refractivity contribution in [2.24, 2.45) is 0 Å². The monoisotopic (exact) mass is 116 g/mol. The third kappa shape index (κ3) is 0.816. The number of esters is 1. The Hall–Kier alpha value is -0.570. The highest BCUT2D eigenvalue weighted by atomic mass is 16.6. The summed E-state index contributed by atoms with van der Waals surface area (Å²) in [6.45, 7) is 0.511. The molecule has 0 aromatic carbocycles. The highest BCUT2D eigenvalue weighted by Crippen LogP contribution is 2.07. The summed E-state index contributed by atoms with van der Waals surface area (Å²) in [7, 11) is 1.51. The number of methoxy groups -OCH3 is 1. The standard InChI is InChI=1S/C5H8O3/c1-7-4-2-3-8-5(4)6/h4H,2-3H2,1H3/t4-/m0/s1. The molecule has 0 saturated carbocycles. The van der Waals surface area contributed by atoms with Crippen molar-refractivity contribution >= 4 is 5.97 Å². The normalized spacial score (nSPS) is 28.1. The van der Waals surface area contributed by atoms with Crippen LogP contribution in [0.2, 0.25) is 0 Å². The summed E-state index contributed by atoms with van der Waals surface area (Å²) in [5.74, 6) is -0.229. The van der Waals surface area contributed by atoms with Crippen LogP contribution in [0.1, 0.15) is 6.42 Å². The summed E-state index contributed by atoms with van der Waals surface area (Å²) in [6, 6.07) is 0. The molecule has 3 heteroatoms. The van der Waals surface area contributed by atoms with Crippen LogP contribution in [0.4, 0.5) is 0 Å². The molecule has 0 aromatic heterocycles. The first kappa shape index (κ1) is 5.56. The van der Waals surface area contributed by atoms with E-state index in [-0.39, 0.29) is 12.1 Å². The molecule has 8 heavy (non-hydrogen) atoms. The van der Waals surface area contributed by atoms with Gasteiger partial charge in [0.05, 0.1) is 6.61 Å². The van der Waals surface area contributed by atoms with Crippen molar-refractivity contribution in [3.8, 4) is 0 Å². The number of hydrogen-bond acceptors (Lipinski definition) is 3. The van der Waals surface area contributed by atoms with Gasteiger partial charge in [-0.25, -0.2) is 4.79 Å². The fourth-order valence-electron chi connectivity index (χ4n) is 0.691. The lowest BCUT2D eigenvalue weighted by Crippen LogP contribution is -2.15. The molecule has 1 heterocycles. The number of ether oxygens (including phenoxy) is 2. The van der Waals surface area contributed by atoms with Crippen molar-refractivity contribution in [2.45, 2.75) is 12.5 Å². The first-order chi connectivity index (χ1) is 3.84. The third-order valence-electron chi connectivity index (χ3n) is 1.17. The van der Waals surface area contributed by atoms with Gasteiger partial charge < -0.3 is 9.47 Å². The topological polar surface area (TPSA) is 35.5 Å². The fourth-order valence-corrected chi connectivity index (χ4v) is 0.691. The van der Waals surface area contributed by atoms with Crippen molar-refractivity contribution in [1.82, 2.24) is 0 Å². The number of carbonyl (C=O) groups is 1. The van der Waals surface area contributed by atoms with Crippen molar-refractivity contribution in [1.29, 1.82) is 0 Å². The van der Waals surface area contributed by atoms with Crippen molar-refractivity contribution in [3.05, 3.63) is 0 Å². The summed E-state index contributed by atoms with van der Waals surface area (Å²) >= 11 is 0. The van der Waals surface area contributed by atoms with E-state index in [1.807, 2.05) is 0 Å². The van der Waals surface area contributed by atoms with Crippen LogP contribution in [0.5, 0.6) is 0 Å². The third-order valence-corrected chi connectivity index (χ3v) is 1.17. The first-order valence-corrected chi connectivity index (χ1v) is 2.54. The zero-order chi connectivity index (χ0) is 5.98. The predicted molar refractivity (Wildman–Crippen MR) is 26.4 cm³/mol. The highest BCUT2D eigenvalue weighted by molar-refractivity contribution is 5.76. The molecule has 1 fully saturated rings. The van der Waals surface area contributed by atoms with E-state index in [4.69, 9.17) is 4.74 Å². The average Bonchev–Trinajstić information content (AvgIpc) is 2.14. The van der Waals surface area contributed by atoms with Crippen LogP contribution >= 0.6 is 0 Å². The maximum atomic E-state index is 10.5. The van der Waals surface area contributed by atoms with Crippen LogP contribution in [-0.2, 0) is 14.3 Å². The maximum Gasteiger partial charge on any atom is 0.335 e. The number of hydrogen-bond donors (Lipinski definition) is 0. The largest absolute Gasteiger partial charge is 0.464 e. The van der Waals surface area contributed by atoms with Gasteiger partial charge in [0.15, 0.2) is 6.10 Å². The van der Waals surface area contributed by atoms with Crippen LogP contribution in [-0.4, -0.2) is 25.8 Å². The summed E-state index contributed by atoms with van der Waals surface area (Å²) in [5, 5.41) is 0. The molecular weight excluding hydrogens is 108 g/mol. The molecule has 1 atom stereocenters. The van der Waals surface area contributed by atoms with Gasteiger partial charge in [0.1, 0.15) is 0 Å². The van der Waals surface area contributed by atoms with E-state index in [0.29, 0.717) is 13.0 Å². The Morgan fingerprint density at radius 2 is 2.62 bits per heavy atom. The lowest BCUT2D eigenvalue weighted by atomic mass is 10.3. The van der Waals surface area contributed by atoms with E-state index >= 15 is 0 Å². The van der Waals surface area contributed by atoms with Gasteiger partial charge in [0, 0.05) is 13.5 Å². The van der Waals surface area contributed by atoms with Gasteiger partial charge in [0.2, 0.25) is 0 Å². The van der Waals surface area contributed by atoms with Gasteiger partial charge in [0.25, 0.3) is 0 Å². The van der Waals surface area contributed by atoms with Crippen LogP contribution in [0.15, 0.2) is 0 Å². The zero-order valence-electron chi connectivity index (χ0n) is 4.72. The summed E-state index contributed by atoms with van der Waals surface area (Å²) < 4.78 is 9.34. The fraction of sp³-hybridized carbons (Fsp3) is 0.800. The molecule has 3 nitrogen and oxygen atoms in total. The van der Waals surface area contributed by atoms with E-state index in [9.17, 15) is 4.79 Å². The van der Waals surface area contributed by atoms with E-state index < -0.39 is 0 Å². The molecule has 46 valence electrons. The van der Waals surface area contributed by atoms with Crippen LogP contribution in [0, 0.1) is 0 Å². The van der Waals surface area contributed by atoms with Crippen LogP contribution in [0.3, 0.4) is 0 Å². The Bertz CT molecular complexity index is 99.8. The molecule has 0 spiro atoms. The lowest BCUT2D eigenvalue weighted by Gasteiger charge is -1.98. The minimum atomic E-state index is -0.296. The Morgan fingerprint density at radius 3 is 2.88 bits per heavy atom. The molecule has 0 N–H and O–H groups in total. The number of rotatable bonds is 1. The predicted octanol–water partition coefficient (Wildman–Crippen LogP) is -0.0517. The van der Waals surface area contributed by atoms with E-state index in [1.54, 1.807) is 0 Å². The molecular formula is C5H8O3. The second kappa shape index (κ2) is 2.13. The van der Waals surface area contributed by atoms with Crippen LogP contribution < -0.4 is 0 Å². The van der Waals surface area contributed by atoms with Crippen molar-refractivity contribution in [3.63, 3.8) is 0 Å². The van der Waals surface area contributed by atoms with Crippen LogP contribution in [0.25, 0.3) is 0 Å². The maximum absolute atomic E-state index is 10.5. The van der Waals surface area contributed by atoms with E-state index in [1.165, 1.54) is 7.11 Å². The molecule has 0 aliphatic carbocycles. The van der Waals surface area contributed by atoms with E-state index in [2.05, 4.69) is 4.74 Å². The summed E-state index contributed by atoms with van der Waals surface area (Å²) in [4.78, 5) is 10.5. The summed E-state index contributed by atoms with van der Waals surface area (Å²) in [6.07, 6.45) is 0.407. The van der Waals surface area contributed by atoms with Gasteiger partial charge in [-0.2, -0.15) is 0 Å². The van der Waals surface area contributed by atoms with Gasteiger partial charge in [-0.1, -0.05) is 0 Å². The second-order valence-electron chi connectivity index (χ2n) is 1.68. The SMILES string of the molecule is CO[C@H]1CCOC1=O. The number of carbonyl (C=O) groups excluding carboxylic acids is 1. The molecule has 0 unspecified atom stereocenters. The summed E-state index contributed by atoms with van der Waals surface area (Å²) in [5.41, 5.74) is 0. The van der Waals surface area contributed by atoms with Gasteiger partial charge in [-0.15, -0.1) is 0 Å². The molecule has 0 amide bonds. The smallest absolute Gasteiger partial charge is 0.335 e. The second-order valence-corrected chi connectivity index (χ2v) is 1.68. The minimum Gasteiger partial charge on any atom is -0.464 e. The Balaban J connectivity index is 2.42. The van der Waals surface area contributed by atoms with Gasteiger partial charge in [-0.3, -0.25) is 0 Å². The first-order valence-electron chi connectivity index (χ1n) is 2.54. The molecule has 1 aliphatic heterocycles. The minimum absolute atomic E-state index is 0.229. The zero-order valence-corrected chi connectivity index (χ0v) is 4.72. The highest BCUT2D eigenvalue weighted by Gasteiger charge is 2.25. The molecule has 0 bridgehead atoms. The van der Waals surface area contributed by atoms with Gasteiger partial charge >= 0.3 is 5.97 Å². The molecule has 0 aromatic rings. The average molecular weight is 116 g/mol. The molecule has 1 rings (SSSR count). The van der Waals surface area contributed by atoms with Gasteiger partial charge in [-0.05, 0) is 0 Å².